The van der Waals surface area contributed by atoms with Crippen LogP contribution in [0.1, 0.15) is 31.2 Å². The van der Waals surface area contributed by atoms with E-state index in [2.05, 4.69) is 6.07 Å². The fourth-order valence-electron chi connectivity index (χ4n) is 2.19. The van der Waals surface area contributed by atoms with Crippen LogP contribution in [0.2, 0.25) is 0 Å². The second kappa shape index (κ2) is 6.46. The Labute approximate surface area is 126 Å². The van der Waals surface area contributed by atoms with Crippen LogP contribution in [0.25, 0.3) is 0 Å². The fraction of sp³-hybridized carbons (Fsp3) is 0.312. The summed E-state index contributed by atoms with van der Waals surface area (Å²) in [6.07, 6.45) is 0. The van der Waals surface area contributed by atoms with Gasteiger partial charge in [-0.15, -0.1) is 11.3 Å². The molecule has 0 saturated heterocycles. The molecule has 1 atom stereocenters. The van der Waals surface area contributed by atoms with Crippen molar-refractivity contribution in [1.82, 2.24) is 0 Å². The van der Waals surface area contributed by atoms with Crippen LogP contribution in [0.3, 0.4) is 0 Å². The highest BCUT2D eigenvalue weighted by Crippen LogP contribution is 2.17. The second-order valence-electron chi connectivity index (χ2n) is 5.06. The van der Waals surface area contributed by atoms with Gasteiger partial charge >= 0.3 is 0 Å². The summed E-state index contributed by atoms with van der Waals surface area (Å²) >= 11 is 1.47. The maximum atomic E-state index is 12.1. The second-order valence-corrected chi connectivity index (χ2v) is 7.80. The zero-order chi connectivity index (χ0) is 14.7. The van der Waals surface area contributed by atoms with Crippen molar-refractivity contribution < 1.29 is 9.00 Å². The summed E-state index contributed by atoms with van der Waals surface area (Å²) < 4.78 is 12.1. The highest BCUT2D eigenvalue weighted by molar-refractivity contribution is 7.85. The molecule has 20 heavy (non-hydrogen) atoms. The van der Waals surface area contributed by atoms with Gasteiger partial charge in [-0.05, 0) is 38.5 Å². The van der Waals surface area contributed by atoms with Crippen LogP contribution >= 0.6 is 11.3 Å². The van der Waals surface area contributed by atoms with Crippen molar-refractivity contribution in [2.24, 2.45) is 0 Å². The van der Waals surface area contributed by atoms with Crippen LogP contribution < -0.4 is 0 Å². The molecule has 0 bridgehead atoms. The molecule has 2 nitrogen and oxygen atoms in total. The van der Waals surface area contributed by atoms with E-state index < -0.39 is 10.8 Å². The largest absolute Gasteiger partial charge is 0.292 e. The fourth-order valence-corrected chi connectivity index (χ4v) is 4.18. The molecular formula is C16H18O2S2. The standard InChI is InChI=1S/C16H18O2S2/c1-11-6-12(2)8-14(7-11)9-20(18)10-15(17)16-5-4-13(3)19-16/h4-8H,9-10H2,1-3H3. The molecule has 4 heteroatoms. The monoisotopic (exact) mass is 306 g/mol. The van der Waals surface area contributed by atoms with Gasteiger partial charge in [0.2, 0.25) is 0 Å². The lowest BCUT2D eigenvalue weighted by atomic mass is 10.1. The van der Waals surface area contributed by atoms with Crippen LogP contribution in [0.4, 0.5) is 0 Å². The lowest BCUT2D eigenvalue weighted by Gasteiger charge is -2.05. The molecule has 106 valence electrons. The molecule has 0 radical (unpaired) electrons. The minimum atomic E-state index is -1.15. The maximum absolute atomic E-state index is 12.1. The SMILES string of the molecule is Cc1cc(C)cc(CS(=O)CC(=O)c2ccc(C)s2)c1. The van der Waals surface area contributed by atoms with Gasteiger partial charge in [-0.2, -0.15) is 0 Å². The van der Waals surface area contributed by atoms with Gasteiger partial charge in [0, 0.05) is 21.4 Å². The zero-order valence-corrected chi connectivity index (χ0v) is 13.6. The van der Waals surface area contributed by atoms with Crippen LogP contribution in [0.15, 0.2) is 30.3 Å². The predicted octanol–water partition coefficient (Wildman–Crippen LogP) is 3.80. The van der Waals surface area contributed by atoms with Crippen LogP contribution in [0, 0.1) is 20.8 Å². The summed E-state index contributed by atoms with van der Waals surface area (Å²) in [4.78, 5) is 13.8. The van der Waals surface area contributed by atoms with Crippen molar-refractivity contribution >= 4 is 27.9 Å². The van der Waals surface area contributed by atoms with Crippen LogP contribution in [-0.4, -0.2) is 15.7 Å². The smallest absolute Gasteiger partial charge is 0.185 e. The zero-order valence-electron chi connectivity index (χ0n) is 11.9. The van der Waals surface area contributed by atoms with Crippen molar-refractivity contribution in [2.45, 2.75) is 26.5 Å². The molecule has 1 aromatic heterocycles. The molecule has 0 saturated carbocycles. The van der Waals surface area contributed by atoms with Gasteiger partial charge in [0.1, 0.15) is 0 Å². The average Bonchev–Trinajstić information content (AvgIpc) is 2.74. The molecule has 0 aliphatic heterocycles. The lowest BCUT2D eigenvalue weighted by Crippen LogP contribution is -2.11. The van der Waals surface area contributed by atoms with Gasteiger partial charge in [0.05, 0.1) is 10.6 Å². The van der Waals surface area contributed by atoms with Gasteiger partial charge in [0.15, 0.2) is 5.78 Å². The van der Waals surface area contributed by atoms with Crippen molar-refractivity contribution in [3.05, 3.63) is 56.8 Å². The van der Waals surface area contributed by atoms with Gasteiger partial charge in [-0.3, -0.25) is 9.00 Å². The van der Waals surface area contributed by atoms with Gasteiger partial charge in [0.25, 0.3) is 0 Å². The van der Waals surface area contributed by atoms with E-state index in [1.54, 1.807) is 0 Å². The minimum absolute atomic E-state index is 0.0224. The Hall–Kier alpha value is -1.26. The van der Waals surface area contributed by atoms with E-state index in [9.17, 15) is 9.00 Å². The van der Waals surface area contributed by atoms with Crippen molar-refractivity contribution in [3.8, 4) is 0 Å². The quantitative estimate of drug-likeness (QED) is 0.787. The number of carbonyl (C=O) groups excluding carboxylic acids is 1. The van der Waals surface area contributed by atoms with Gasteiger partial charge in [-0.1, -0.05) is 29.3 Å². The van der Waals surface area contributed by atoms with Crippen molar-refractivity contribution in [3.63, 3.8) is 0 Å². The first-order valence-corrected chi connectivity index (χ1v) is 8.76. The van der Waals surface area contributed by atoms with Crippen LogP contribution in [0.5, 0.6) is 0 Å². The summed E-state index contributed by atoms with van der Waals surface area (Å²) in [5.74, 6) is 0.525. The number of aryl methyl sites for hydroxylation is 3. The van der Waals surface area contributed by atoms with Crippen LogP contribution in [-0.2, 0) is 16.6 Å². The topological polar surface area (TPSA) is 34.1 Å². The highest BCUT2D eigenvalue weighted by atomic mass is 32.2. The number of carbonyl (C=O) groups is 1. The molecule has 1 heterocycles. The predicted molar refractivity (Wildman–Crippen MR) is 86.0 cm³/mol. The number of thiophene rings is 1. The van der Waals surface area contributed by atoms with E-state index in [0.29, 0.717) is 10.6 Å². The molecule has 0 aliphatic carbocycles. The van der Waals surface area contributed by atoms with E-state index in [1.165, 1.54) is 11.3 Å². The van der Waals surface area contributed by atoms with E-state index >= 15 is 0 Å². The summed E-state index contributed by atoms with van der Waals surface area (Å²) in [6, 6.07) is 9.89. The lowest BCUT2D eigenvalue weighted by molar-refractivity contribution is 0.102. The summed E-state index contributed by atoms with van der Waals surface area (Å²) in [7, 11) is -1.15. The molecule has 0 N–H and O–H groups in total. The number of hydrogen-bond acceptors (Lipinski definition) is 3. The van der Waals surface area contributed by atoms with E-state index in [4.69, 9.17) is 0 Å². The maximum Gasteiger partial charge on any atom is 0.185 e. The Morgan fingerprint density at radius 1 is 1.10 bits per heavy atom. The Morgan fingerprint density at radius 2 is 1.75 bits per heavy atom. The molecular weight excluding hydrogens is 288 g/mol. The number of hydrogen-bond donors (Lipinski definition) is 0. The first kappa shape index (κ1) is 15.1. The van der Waals surface area contributed by atoms with Gasteiger partial charge < -0.3 is 0 Å². The summed E-state index contributed by atoms with van der Waals surface area (Å²) in [6.45, 7) is 6.02. The number of rotatable bonds is 5. The van der Waals surface area contributed by atoms with E-state index in [0.717, 1.165) is 21.6 Å². The van der Waals surface area contributed by atoms with Gasteiger partial charge in [-0.25, -0.2) is 0 Å². The molecule has 2 rings (SSSR count). The number of Topliss-reactive ketones (excluding diaryl/α,β-unsaturated/α-hetero) is 1. The van der Waals surface area contributed by atoms with Crippen molar-refractivity contribution in [1.29, 1.82) is 0 Å². The number of ketones is 1. The molecule has 0 spiro atoms. The Morgan fingerprint density at radius 3 is 2.30 bits per heavy atom. The first-order chi connectivity index (χ1) is 9.44. The molecule has 0 aliphatic rings. The normalized spacial score (nSPS) is 12.3. The van der Waals surface area contributed by atoms with Crippen molar-refractivity contribution in [2.75, 3.05) is 5.75 Å². The first-order valence-electron chi connectivity index (χ1n) is 6.46. The summed E-state index contributed by atoms with van der Waals surface area (Å²) in [5.41, 5.74) is 3.37. The molecule has 1 unspecified atom stereocenters. The molecule has 0 fully saturated rings. The van der Waals surface area contributed by atoms with E-state index in [1.807, 2.05) is 45.0 Å². The molecule has 2 aromatic rings. The Balaban J connectivity index is 2.00. The molecule has 0 amide bonds. The molecule has 1 aromatic carbocycles. The summed E-state index contributed by atoms with van der Waals surface area (Å²) in [5, 5.41) is 0. The number of benzene rings is 1. The third-order valence-electron chi connectivity index (χ3n) is 2.92. The Kier molecular flexibility index (Phi) is 4.89. The Bertz CT molecular complexity index is 636. The average molecular weight is 306 g/mol. The van der Waals surface area contributed by atoms with E-state index in [-0.39, 0.29) is 11.5 Å². The third kappa shape index (κ3) is 4.12. The highest BCUT2D eigenvalue weighted by Gasteiger charge is 2.13. The third-order valence-corrected chi connectivity index (χ3v) is 5.20. The minimum Gasteiger partial charge on any atom is -0.292 e.